The maximum Gasteiger partial charge on any atom is 0.335 e. The average molecular weight is 350 g/mol. The van der Waals surface area contributed by atoms with Gasteiger partial charge in [0.05, 0.1) is 23.3 Å². The summed E-state index contributed by atoms with van der Waals surface area (Å²) in [6, 6.07) is 11.5. The molecular formula is C18H17ClFNO3. The molecule has 1 atom stereocenters. The van der Waals surface area contributed by atoms with E-state index in [4.69, 9.17) is 21.4 Å². The molecule has 1 saturated heterocycles. The summed E-state index contributed by atoms with van der Waals surface area (Å²) in [5.74, 6) is -1.38. The highest BCUT2D eigenvalue weighted by Gasteiger charge is 2.23. The lowest BCUT2D eigenvalue weighted by atomic mass is 10.1. The average Bonchev–Trinajstić information content (AvgIpc) is 2.58. The van der Waals surface area contributed by atoms with Crippen LogP contribution < -0.4 is 0 Å². The van der Waals surface area contributed by atoms with Crippen LogP contribution in [0.2, 0.25) is 5.02 Å². The van der Waals surface area contributed by atoms with E-state index in [0.29, 0.717) is 19.7 Å². The number of aromatic carboxylic acids is 1. The number of rotatable bonds is 4. The second-order valence-corrected chi connectivity index (χ2v) is 6.18. The lowest BCUT2D eigenvalue weighted by molar-refractivity contribution is -0.0329. The smallest absolute Gasteiger partial charge is 0.335 e. The van der Waals surface area contributed by atoms with Crippen molar-refractivity contribution >= 4 is 17.6 Å². The van der Waals surface area contributed by atoms with Crippen molar-refractivity contribution in [3.63, 3.8) is 0 Å². The minimum atomic E-state index is -0.933. The summed E-state index contributed by atoms with van der Waals surface area (Å²) in [5, 5.41) is 9.16. The first-order chi connectivity index (χ1) is 11.5. The molecule has 6 heteroatoms. The van der Waals surface area contributed by atoms with Gasteiger partial charge in [-0.2, -0.15) is 0 Å². The molecule has 0 aromatic heterocycles. The Bertz CT molecular complexity index is 753. The number of benzene rings is 2. The number of carboxylic acids is 1. The van der Waals surface area contributed by atoms with Crippen LogP contribution in [0.1, 0.15) is 27.6 Å². The van der Waals surface area contributed by atoms with Crippen molar-refractivity contribution in [1.82, 2.24) is 4.90 Å². The molecule has 1 N–H and O–H groups in total. The van der Waals surface area contributed by atoms with E-state index in [1.54, 1.807) is 30.3 Å². The van der Waals surface area contributed by atoms with Crippen molar-refractivity contribution in [3.05, 3.63) is 70.0 Å². The molecule has 24 heavy (non-hydrogen) atoms. The first-order valence-electron chi connectivity index (χ1n) is 7.64. The molecule has 2 aromatic rings. The Kier molecular flexibility index (Phi) is 5.14. The van der Waals surface area contributed by atoms with Gasteiger partial charge in [0.2, 0.25) is 0 Å². The van der Waals surface area contributed by atoms with Gasteiger partial charge in [0.25, 0.3) is 0 Å². The number of nitrogens with zero attached hydrogens (tertiary/aromatic N) is 1. The molecule has 0 saturated carbocycles. The number of carbonyl (C=O) groups is 1. The van der Waals surface area contributed by atoms with Crippen LogP contribution in [-0.2, 0) is 11.3 Å². The third-order valence-corrected chi connectivity index (χ3v) is 4.34. The number of hydrogen-bond acceptors (Lipinski definition) is 3. The van der Waals surface area contributed by atoms with E-state index >= 15 is 0 Å². The van der Waals surface area contributed by atoms with Crippen molar-refractivity contribution in [2.75, 3.05) is 19.7 Å². The van der Waals surface area contributed by atoms with E-state index in [-0.39, 0.29) is 16.7 Å². The second-order valence-electron chi connectivity index (χ2n) is 5.77. The van der Waals surface area contributed by atoms with Gasteiger partial charge < -0.3 is 9.84 Å². The van der Waals surface area contributed by atoms with Gasteiger partial charge in [-0.25, -0.2) is 9.18 Å². The van der Waals surface area contributed by atoms with Gasteiger partial charge in [-0.3, -0.25) is 4.90 Å². The van der Waals surface area contributed by atoms with Crippen molar-refractivity contribution in [3.8, 4) is 0 Å². The summed E-state index contributed by atoms with van der Waals surface area (Å²) in [4.78, 5) is 13.3. The van der Waals surface area contributed by atoms with Gasteiger partial charge in [0.15, 0.2) is 0 Å². The van der Waals surface area contributed by atoms with Crippen molar-refractivity contribution in [2.45, 2.75) is 12.6 Å². The third kappa shape index (κ3) is 3.93. The molecular weight excluding hydrogens is 333 g/mol. The van der Waals surface area contributed by atoms with Crippen LogP contribution in [0.5, 0.6) is 0 Å². The summed E-state index contributed by atoms with van der Waals surface area (Å²) in [6.07, 6.45) is -0.181. The highest BCUT2D eigenvalue weighted by Crippen LogP contribution is 2.26. The summed E-state index contributed by atoms with van der Waals surface area (Å²) in [5.41, 5.74) is 2.06. The summed E-state index contributed by atoms with van der Waals surface area (Å²) in [7, 11) is 0. The number of halogens is 2. The molecule has 0 amide bonds. The molecule has 4 nitrogen and oxygen atoms in total. The van der Waals surface area contributed by atoms with E-state index in [0.717, 1.165) is 17.7 Å². The van der Waals surface area contributed by atoms with Gasteiger partial charge >= 0.3 is 5.97 Å². The quantitative estimate of drug-likeness (QED) is 0.913. The molecule has 1 aliphatic rings. The fourth-order valence-corrected chi connectivity index (χ4v) is 3.01. The second kappa shape index (κ2) is 7.30. The van der Waals surface area contributed by atoms with Crippen molar-refractivity contribution in [2.24, 2.45) is 0 Å². The first kappa shape index (κ1) is 16.9. The number of morpholine rings is 1. The highest BCUT2D eigenvalue weighted by atomic mass is 35.5. The Labute approximate surface area is 144 Å². The molecule has 2 aromatic carbocycles. The highest BCUT2D eigenvalue weighted by molar-refractivity contribution is 6.30. The van der Waals surface area contributed by atoms with E-state index in [1.807, 2.05) is 6.07 Å². The molecule has 0 aliphatic carbocycles. The zero-order valence-electron chi connectivity index (χ0n) is 12.9. The third-order valence-electron chi connectivity index (χ3n) is 4.05. The van der Waals surface area contributed by atoms with Crippen molar-refractivity contribution in [1.29, 1.82) is 0 Å². The largest absolute Gasteiger partial charge is 0.478 e. The molecule has 3 rings (SSSR count). The normalized spacial score (nSPS) is 18.5. The zero-order chi connectivity index (χ0) is 17.1. The molecule has 1 fully saturated rings. The summed E-state index contributed by atoms with van der Waals surface area (Å²) >= 11 is 5.85. The van der Waals surface area contributed by atoms with Crippen LogP contribution >= 0.6 is 11.6 Å². The van der Waals surface area contributed by atoms with Gasteiger partial charge in [-0.05, 0) is 35.4 Å². The predicted molar refractivity (Wildman–Crippen MR) is 88.8 cm³/mol. The van der Waals surface area contributed by atoms with Gasteiger partial charge in [-0.1, -0.05) is 29.8 Å². The standard InChI is InChI=1S/C18H17ClFNO3/c19-15-9-13(4-5-16(15)20)17-11-21(6-7-24-17)10-12-2-1-3-14(8-12)18(22)23/h1-5,8-9,17H,6-7,10-11H2,(H,22,23). The zero-order valence-corrected chi connectivity index (χ0v) is 13.7. The monoisotopic (exact) mass is 349 g/mol. The maximum absolute atomic E-state index is 13.3. The number of ether oxygens (including phenoxy) is 1. The minimum Gasteiger partial charge on any atom is -0.478 e. The fourth-order valence-electron chi connectivity index (χ4n) is 2.82. The Morgan fingerprint density at radius 1 is 1.33 bits per heavy atom. The number of hydrogen-bond donors (Lipinski definition) is 1. The Balaban J connectivity index is 1.70. The Morgan fingerprint density at radius 2 is 2.17 bits per heavy atom. The SMILES string of the molecule is O=C(O)c1cccc(CN2CCOC(c3ccc(F)c(Cl)c3)C2)c1. The van der Waals surface area contributed by atoms with Crippen LogP contribution in [0.4, 0.5) is 4.39 Å². The molecule has 0 spiro atoms. The molecule has 1 heterocycles. The van der Waals surface area contributed by atoms with Crippen LogP contribution in [-0.4, -0.2) is 35.7 Å². The lowest BCUT2D eigenvalue weighted by Gasteiger charge is -2.33. The van der Waals surface area contributed by atoms with Gasteiger partial charge in [0, 0.05) is 19.6 Å². The fraction of sp³-hybridized carbons (Fsp3) is 0.278. The Morgan fingerprint density at radius 3 is 2.92 bits per heavy atom. The lowest BCUT2D eigenvalue weighted by Crippen LogP contribution is -2.37. The van der Waals surface area contributed by atoms with E-state index in [9.17, 15) is 9.18 Å². The van der Waals surface area contributed by atoms with E-state index < -0.39 is 11.8 Å². The molecule has 126 valence electrons. The van der Waals surface area contributed by atoms with Crippen molar-refractivity contribution < 1.29 is 19.0 Å². The predicted octanol–water partition coefficient (Wildman–Crippen LogP) is 3.75. The summed E-state index contributed by atoms with van der Waals surface area (Å²) < 4.78 is 19.1. The first-order valence-corrected chi connectivity index (χ1v) is 8.02. The maximum atomic E-state index is 13.3. The molecule has 0 bridgehead atoms. The minimum absolute atomic E-state index is 0.0855. The summed E-state index contributed by atoms with van der Waals surface area (Å²) in [6.45, 7) is 2.58. The van der Waals surface area contributed by atoms with Crippen LogP contribution in [0.3, 0.4) is 0 Å². The molecule has 0 radical (unpaired) electrons. The van der Waals surface area contributed by atoms with Gasteiger partial charge in [0.1, 0.15) is 5.82 Å². The van der Waals surface area contributed by atoms with Crippen LogP contribution in [0, 0.1) is 5.82 Å². The Hall–Kier alpha value is -1.95. The van der Waals surface area contributed by atoms with Crippen LogP contribution in [0.25, 0.3) is 0 Å². The topological polar surface area (TPSA) is 49.8 Å². The number of carboxylic acid groups (broad SMARTS) is 1. The van der Waals surface area contributed by atoms with E-state index in [1.165, 1.54) is 6.07 Å². The van der Waals surface area contributed by atoms with E-state index in [2.05, 4.69) is 4.90 Å². The van der Waals surface area contributed by atoms with Gasteiger partial charge in [-0.15, -0.1) is 0 Å². The molecule has 1 aliphatic heterocycles. The van der Waals surface area contributed by atoms with Crippen LogP contribution in [0.15, 0.2) is 42.5 Å². The molecule has 1 unspecified atom stereocenters.